The second-order valence-corrected chi connectivity index (χ2v) is 29.2. The Labute approximate surface area is 607 Å². The maximum absolute atomic E-state index is 13.1. The molecule has 0 spiro atoms. The first-order valence-corrected chi connectivity index (χ1v) is 42.5. The first-order chi connectivity index (χ1) is 48.7. The van der Waals surface area contributed by atoms with Gasteiger partial charge in [0.05, 0.1) is 26.4 Å². The van der Waals surface area contributed by atoms with E-state index in [0.29, 0.717) is 32.1 Å². The van der Waals surface area contributed by atoms with E-state index in [2.05, 4.69) is 113 Å². The quantitative estimate of drug-likeness (QED) is 0.0128. The van der Waals surface area contributed by atoms with Crippen molar-refractivity contribution in [3.8, 4) is 0 Å². The Morgan fingerprint density at radius 2 is 0.530 bits per heavy atom. The molecule has 100 heavy (non-hydrogen) atoms. The summed E-state index contributed by atoms with van der Waals surface area (Å²) in [7, 11) is -9.97. The van der Waals surface area contributed by atoms with Gasteiger partial charge in [-0.25, -0.2) is 9.13 Å². The fraction of sp³-hybridized carbons (Fsp3) is 0.753. The molecule has 3 N–H and O–H groups in total. The Balaban J connectivity index is 5.41. The van der Waals surface area contributed by atoms with Gasteiger partial charge in [-0.1, -0.05) is 266 Å². The van der Waals surface area contributed by atoms with Crippen molar-refractivity contribution in [3.63, 3.8) is 0 Å². The third-order valence-corrected chi connectivity index (χ3v) is 18.4. The van der Waals surface area contributed by atoms with Crippen LogP contribution in [-0.2, 0) is 65.4 Å². The number of aliphatic hydroxyl groups excluding tert-OH is 1. The van der Waals surface area contributed by atoms with Crippen molar-refractivity contribution in [2.24, 2.45) is 0 Å². The molecule has 0 rings (SSSR count). The van der Waals surface area contributed by atoms with Crippen LogP contribution in [0.15, 0.2) is 97.2 Å². The molecule has 0 aromatic rings. The highest BCUT2D eigenvalue weighted by Crippen LogP contribution is 2.45. The van der Waals surface area contributed by atoms with Gasteiger partial charge in [0.1, 0.15) is 19.3 Å². The van der Waals surface area contributed by atoms with Gasteiger partial charge in [0.25, 0.3) is 0 Å². The molecule has 0 heterocycles. The van der Waals surface area contributed by atoms with Crippen LogP contribution < -0.4 is 0 Å². The predicted molar refractivity (Wildman–Crippen MR) is 409 cm³/mol. The van der Waals surface area contributed by atoms with Crippen molar-refractivity contribution in [2.75, 3.05) is 39.6 Å². The lowest BCUT2D eigenvalue weighted by Crippen LogP contribution is -2.30. The van der Waals surface area contributed by atoms with Gasteiger partial charge in [0, 0.05) is 25.7 Å². The monoisotopic (exact) mass is 1450 g/mol. The summed E-state index contributed by atoms with van der Waals surface area (Å²) in [4.78, 5) is 72.9. The number of carbonyl (C=O) groups excluding carboxylic acids is 4. The summed E-state index contributed by atoms with van der Waals surface area (Å²) in [6.45, 7) is 4.74. The normalized spacial score (nSPS) is 14.4. The van der Waals surface area contributed by atoms with Crippen molar-refractivity contribution in [2.45, 2.75) is 354 Å². The SMILES string of the molecule is CCCCC/C=C\C/C=C\C/C=C\C/C=C\CCCC(=O)OC[C@H](COP(=O)(O)OC[C@@H](O)COP(=O)(O)OC[C@@H](COC(=O)CCCCCCC/C=C\C=C/CCCCCC)OC(=O)CCCCCCC/C=C\CCCCCCCC)OC(=O)CCCCCCC/C=C\CCCCCC. The highest BCUT2D eigenvalue weighted by Gasteiger charge is 2.30. The molecule has 0 amide bonds. The molecule has 0 aromatic carbocycles. The number of aliphatic hydroxyl groups is 1. The number of ether oxygens (including phenoxy) is 4. The molecular weight excluding hydrogens is 1310 g/mol. The summed E-state index contributed by atoms with van der Waals surface area (Å²) in [5.41, 5.74) is 0. The van der Waals surface area contributed by atoms with Gasteiger partial charge in [0.2, 0.25) is 0 Å². The number of unbranched alkanes of at least 4 members (excludes halogenated alkanes) is 33. The molecule has 0 fully saturated rings. The maximum Gasteiger partial charge on any atom is 0.472 e. The molecule has 17 nitrogen and oxygen atoms in total. The maximum atomic E-state index is 13.1. The summed E-state index contributed by atoms with van der Waals surface area (Å²) in [5, 5.41) is 10.6. The molecule has 578 valence electrons. The molecule has 2 unspecified atom stereocenters. The number of phosphoric acid groups is 2. The Hall–Kier alpha value is -4.02. The minimum absolute atomic E-state index is 0.0730. The van der Waals surface area contributed by atoms with Crippen molar-refractivity contribution in [3.05, 3.63) is 97.2 Å². The van der Waals surface area contributed by atoms with E-state index in [0.717, 1.165) is 141 Å². The van der Waals surface area contributed by atoms with Gasteiger partial charge >= 0.3 is 39.5 Å². The molecule has 0 aliphatic heterocycles. The zero-order valence-corrected chi connectivity index (χ0v) is 64.9. The second kappa shape index (κ2) is 73.3. The second-order valence-electron chi connectivity index (χ2n) is 26.3. The van der Waals surface area contributed by atoms with Gasteiger partial charge in [-0.3, -0.25) is 37.3 Å². The zero-order valence-electron chi connectivity index (χ0n) is 63.1. The first kappa shape index (κ1) is 96.0. The number of allylic oxidation sites excluding steroid dienone is 16. The van der Waals surface area contributed by atoms with E-state index in [4.69, 9.17) is 37.0 Å². The summed E-state index contributed by atoms with van der Waals surface area (Å²) >= 11 is 0. The number of rotatable bonds is 74. The standard InChI is InChI=1S/C81H142O17P2/c1-5-9-13-17-21-25-29-33-36-37-40-43-46-50-54-58-62-66-79(84)92-71-76(97-80(85)67-63-59-55-51-47-41-32-28-24-20-16-12-8-4)73-95-99(87,88)93-69-75(82)70-94-100(89,90)96-74-77(98-81(86)68-64-60-56-52-48-44-39-35-31-27-23-19-15-11-7-3)72-91-78(83)65-61-57-53-49-45-42-38-34-30-26-22-18-14-10-6-2/h21,25-26,28,30,32-36,38-40,43,50,54,75-77,82H,5-20,22-24,27,29,31,37,41-42,44-49,51-53,55-74H2,1-4H3,(H,87,88)(H,89,90)/b25-21-,30-26-,32-28-,36-33-,38-34-,39-35-,43-40-,54-50-/t75-,76-,77-/m1/s1. The van der Waals surface area contributed by atoms with Gasteiger partial charge in [0.15, 0.2) is 12.2 Å². The molecule has 0 radical (unpaired) electrons. The van der Waals surface area contributed by atoms with Crippen molar-refractivity contribution in [1.82, 2.24) is 0 Å². The van der Waals surface area contributed by atoms with Crippen LogP contribution in [0, 0.1) is 0 Å². The van der Waals surface area contributed by atoms with Crippen LogP contribution in [0.1, 0.15) is 336 Å². The van der Waals surface area contributed by atoms with E-state index < -0.39 is 97.5 Å². The molecule has 0 aliphatic carbocycles. The number of esters is 4. The van der Waals surface area contributed by atoms with Crippen molar-refractivity contribution >= 4 is 39.5 Å². The average Bonchev–Trinajstić information content (AvgIpc) is 0.965. The van der Waals surface area contributed by atoms with Gasteiger partial charge in [-0.05, 0) is 141 Å². The molecule has 19 heteroatoms. The van der Waals surface area contributed by atoms with E-state index in [9.17, 15) is 43.2 Å². The molecule has 0 aromatic heterocycles. The van der Waals surface area contributed by atoms with Crippen LogP contribution >= 0.6 is 15.6 Å². The summed E-state index contributed by atoms with van der Waals surface area (Å²) in [6.07, 6.45) is 76.8. The zero-order chi connectivity index (χ0) is 73.2. The Morgan fingerprint density at radius 3 is 0.890 bits per heavy atom. The Kier molecular flexibility index (Phi) is 70.4. The largest absolute Gasteiger partial charge is 0.472 e. The van der Waals surface area contributed by atoms with E-state index in [1.165, 1.54) is 109 Å². The molecule has 0 saturated heterocycles. The fourth-order valence-electron chi connectivity index (χ4n) is 10.4. The van der Waals surface area contributed by atoms with Crippen LogP contribution in [0.25, 0.3) is 0 Å². The molecule has 5 atom stereocenters. The topological polar surface area (TPSA) is 237 Å². The predicted octanol–water partition coefficient (Wildman–Crippen LogP) is 22.8. The van der Waals surface area contributed by atoms with Crippen molar-refractivity contribution in [1.29, 1.82) is 0 Å². The van der Waals surface area contributed by atoms with Crippen LogP contribution in [0.5, 0.6) is 0 Å². The molecule has 0 bridgehead atoms. The third-order valence-electron chi connectivity index (χ3n) is 16.5. The van der Waals surface area contributed by atoms with Crippen molar-refractivity contribution < 1.29 is 80.2 Å². The highest BCUT2D eigenvalue weighted by molar-refractivity contribution is 7.47. The number of hydrogen-bond acceptors (Lipinski definition) is 15. The molecule has 0 aliphatic rings. The number of phosphoric ester groups is 2. The lowest BCUT2D eigenvalue weighted by molar-refractivity contribution is -0.161. The van der Waals surface area contributed by atoms with Crippen LogP contribution in [0.3, 0.4) is 0 Å². The lowest BCUT2D eigenvalue weighted by Gasteiger charge is -2.21. The Morgan fingerprint density at radius 1 is 0.290 bits per heavy atom. The smallest absolute Gasteiger partial charge is 0.462 e. The molecule has 0 saturated carbocycles. The number of hydrogen-bond donors (Lipinski definition) is 3. The van der Waals surface area contributed by atoms with Gasteiger partial charge < -0.3 is 33.8 Å². The summed E-state index contributed by atoms with van der Waals surface area (Å²) in [5.74, 6) is -2.26. The minimum Gasteiger partial charge on any atom is -0.462 e. The van der Waals surface area contributed by atoms with Gasteiger partial charge in [-0.15, -0.1) is 0 Å². The fourth-order valence-corrected chi connectivity index (χ4v) is 12.0. The number of carbonyl (C=O) groups is 4. The highest BCUT2D eigenvalue weighted by atomic mass is 31.2. The van der Waals surface area contributed by atoms with E-state index in [-0.39, 0.29) is 25.7 Å². The lowest BCUT2D eigenvalue weighted by atomic mass is 10.1. The first-order valence-electron chi connectivity index (χ1n) is 39.5. The van der Waals surface area contributed by atoms with Crippen LogP contribution in [-0.4, -0.2) is 96.7 Å². The van der Waals surface area contributed by atoms with Crippen LogP contribution in [0.4, 0.5) is 0 Å². The van der Waals surface area contributed by atoms with E-state index in [1.54, 1.807) is 0 Å². The Bertz CT molecular complexity index is 2270. The van der Waals surface area contributed by atoms with Crippen LogP contribution in [0.2, 0.25) is 0 Å². The molecular formula is C81H142O17P2. The average molecular weight is 1450 g/mol. The van der Waals surface area contributed by atoms with E-state index >= 15 is 0 Å². The third kappa shape index (κ3) is 72.3. The van der Waals surface area contributed by atoms with E-state index in [1.807, 2.05) is 12.2 Å². The summed E-state index contributed by atoms with van der Waals surface area (Å²) in [6, 6.07) is 0. The van der Waals surface area contributed by atoms with Gasteiger partial charge in [-0.2, -0.15) is 0 Å². The minimum atomic E-state index is -4.99. The summed E-state index contributed by atoms with van der Waals surface area (Å²) < 4.78 is 68.5.